The zero-order valence-electron chi connectivity index (χ0n) is 11.9. The molecule has 2 aromatic rings. The number of nitrogen functional groups attached to an aromatic ring is 1. The van der Waals surface area contributed by atoms with Crippen molar-refractivity contribution in [2.45, 2.75) is 18.9 Å². The number of fused-ring (bicyclic) bond motifs is 1. The van der Waals surface area contributed by atoms with Crippen molar-refractivity contribution < 1.29 is 4.79 Å². The number of likely N-dealkylation sites (N-methyl/N-ethyl adjacent to an activating group) is 1. The summed E-state index contributed by atoms with van der Waals surface area (Å²) in [4.78, 5) is 15.3. The normalized spacial score (nSPS) is 19.8. The molecule has 1 unspecified atom stereocenters. The number of hydrogen-bond donors (Lipinski definition) is 2. The van der Waals surface area contributed by atoms with Crippen molar-refractivity contribution in [1.82, 2.24) is 10.2 Å². The van der Waals surface area contributed by atoms with Crippen LogP contribution in [-0.2, 0) is 0 Å². The van der Waals surface area contributed by atoms with Gasteiger partial charge in [-0.3, -0.25) is 4.79 Å². The molecular formula is C15H18ClN3OS. The van der Waals surface area contributed by atoms with Crippen molar-refractivity contribution in [2.24, 2.45) is 0 Å². The highest BCUT2D eigenvalue weighted by Crippen LogP contribution is 2.35. The smallest absolute Gasteiger partial charge is 0.263 e. The molecule has 0 radical (unpaired) electrons. The maximum absolute atomic E-state index is 12.5. The fourth-order valence-corrected chi connectivity index (χ4v) is 3.97. The van der Waals surface area contributed by atoms with E-state index < -0.39 is 0 Å². The van der Waals surface area contributed by atoms with E-state index >= 15 is 0 Å². The molecule has 1 aliphatic heterocycles. The van der Waals surface area contributed by atoms with Gasteiger partial charge in [0.25, 0.3) is 5.91 Å². The topological polar surface area (TPSA) is 58.4 Å². The number of nitrogens with two attached hydrogens (primary N) is 1. The van der Waals surface area contributed by atoms with Crippen LogP contribution in [0.1, 0.15) is 22.5 Å². The Hall–Kier alpha value is -1.30. The molecular weight excluding hydrogens is 306 g/mol. The van der Waals surface area contributed by atoms with Crippen molar-refractivity contribution in [3.63, 3.8) is 0 Å². The minimum atomic E-state index is -0.0786. The summed E-state index contributed by atoms with van der Waals surface area (Å²) in [5.41, 5.74) is 6.65. The van der Waals surface area contributed by atoms with Gasteiger partial charge in [-0.05, 0) is 44.6 Å². The van der Waals surface area contributed by atoms with Gasteiger partial charge in [0.2, 0.25) is 0 Å². The Bertz CT molecular complexity index is 685. The monoisotopic (exact) mass is 323 g/mol. The predicted octanol–water partition coefficient (Wildman–Crippen LogP) is 2.96. The molecule has 1 aromatic carbocycles. The molecule has 1 aromatic heterocycles. The maximum Gasteiger partial charge on any atom is 0.263 e. The predicted molar refractivity (Wildman–Crippen MR) is 89.2 cm³/mol. The summed E-state index contributed by atoms with van der Waals surface area (Å²) >= 11 is 7.41. The fraction of sp³-hybridized carbons (Fsp3) is 0.400. The average Bonchev–Trinajstić information content (AvgIpc) is 2.76. The van der Waals surface area contributed by atoms with Crippen molar-refractivity contribution >= 4 is 44.6 Å². The molecule has 0 spiro atoms. The van der Waals surface area contributed by atoms with E-state index in [2.05, 4.69) is 17.3 Å². The molecule has 112 valence electrons. The minimum Gasteiger partial charge on any atom is -0.397 e. The number of anilines is 1. The standard InChI is InChI=1S/C15H18ClN3OS/c1-19-6-2-3-10(8-19)18-15(20)14-13(17)11-7-9(16)4-5-12(11)21-14/h4-5,7,10H,2-3,6,8,17H2,1H3,(H,18,20). The number of nitrogens with zero attached hydrogens (tertiary/aromatic N) is 1. The first-order valence-corrected chi connectivity index (χ1v) is 8.21. The second-order valence-electron chi connectivity index (χ2n) is 5.56. The summed E-state index contributed by atoms with van der Waals surface area (Å²) in [6, 6.07) is 5.74. The molecule has 0 bridgehead atoms. The number of carbonyl (C=O) groups is 1. The SMILES string of the molecule is CN1CCCC(NC(=O)c2sc3ccc(Cl)cc3c2N)C1. The van der Waals surface area contributed by atoms with Gasteiger partial charge in [0, 0.05) is 27.7 Å². The number of nitrogens with one attached hydrogen (secondary N) is 1. The first-order valence-electron chi connectivity index (χ1n) is 7.01. The second kappa shape index (κ2) is 5.83. The zero-order chi connectivity index (χ0) is 15.0. The van der Waals surface area contributed by atoms with Gasteiger partial charge in [0.05, 0.1) is 5.69 Å². The molecule has 2 heterocycles. The number of piperidine rings is 1. The Morgan fingerprint density at radius 1 is 1.52 bits per heavy atom. The number of halogens is 1. The molecule has 0 saturated carbocycles. The van der Waals surface area contributed by atoms with Crippen LogP contribution in [0, 0.1) is 0 Å². The third kappa shape index (κ3) is 3.00. The summed E-state index contributed by atoms with van der Waals surface area (Å²) in [7, 11) is 2.08. The third-order valence-corrected chi connectivity index (χ3v) is 5.27. The molecule has 3 N–H and O–H groups in total. The van der Waals surface area contributed by atoms with Gasteiger partial charge >= 0.3 is 0 Å². The molecule has 1 amide bonds. The lowest BCUT2D eigenvalue weighted by molar-refractivity contribution is 0.0917. The first kappa shape index (κ1) is 14.6. The lowest BCUT2D eigenvalue weighted by Gasteiger charge is -2.30. The van der Waals surface area contributed by atoms with Gasteiger partial charge in [-0.2, -0.15) is 0 Å². The lowest BCUT2D eigenvalue weighted by Crippen LogP contribution is -2.46. The molecule has 1 fully saturated rings. The quantitative estimate of drug-likeness (QED) is 0.893. The Morgan fingerprint density at radius 3 is 3.10 bits per heavy atom. The van der Waals surface area contributed by atoms with Gasteiger partial charge in [-0.25, -0.2) is 0 Å². The second-order valence-corrected chi connectivity index (χ2v) is 7.05. The van der Waals surface area contributed by atoms with Crippen molar-refractivity contribution in [3.8, 4) is 0 Å². The highest BCUT2D eigenvalue weighted by atomic mass is 35.5. The van der Waals surface area contributed by atoms with Gasteiger partial charge in [0.1, 0.15) is 4.88 Å². The summed E-state index contributed by atoms with van der Waals surface area (Å²) < 4.78 is 0.989. The van der Waals surface area contributed by atoms with Crippen LogP contribution in [0.5, 0.6) is 0 Å². The van der Waals surface area contributed by atoms with E-state index in [4.69, 9.17) is 17.3 Å². The van der Waals surface area contributed by atoms with Gasteiger partial charge in [-0.1, -0.05) is 11.6 Å². The van der Waals surface area contributed by atoms with E-state index in [0.29, 0.717) is 15.6 Å². The van der Waals surface area contributed by atoms with Crippen LogP contribution in [-0.4, -0.2) is 37.0 Å². The number of carbonyl (C=O) groups excluding carboxylic acids is 1. The number of rotatable bonds is 2. The minimum absolute atomic E-state index is 0.0786. The largest absolute Gasteiger partial charge is 0.397 e. The van der Waals surface area contributed by atoms with Crippen molar-refractivity contribution in [1.29, 1.82) is 0 Å². The fourth-order valence-electron chi connectivity index (χ4n) is 2.79. The zero-order valence-corrected chi connectivity index (χ0v) is 13.4. The summed E-state index contributed by atoms with van der Waals surface area (Å²) in [5, 5.41) is 4.59. The summed E-state index contributed by atoms with van der Waals surface area (Å²) in [6.07, 6.45) is 2.13. The molecule has 0 aliphatic carbocycles. The van der Waals surface area contributed by atoms with E-state index in [-0.39, 0.29) is 11.9 Å². The van der Waals surface area contributed by atoms with Gasteiger partial charge in [-0.15, -0.1) is 11.3 Å². The molecule has 4 nitrogen and oxygen atoms in total. The number of amides is 1. The van der Waals surface area contributed by atoms with Gasteiger partial charge < -0.3 is 16.0 Å². The molecule has 3 rings (SSSR count). The van der Waals surface area contributed by atoms with Crippen molar-refractivity contribution in [3.05, 3.63) is 28.1 Å². The molecule has 1 aliphatic rings. The van der Waals surface area contributed by atoms with E-state index in [0.717, 1.165) is 36.0 Å². The van der Waals surface area contributed by atoms with E-state index in [1.165, 1.54) is 11.3 Å². The molecule has 6 heteroatoms. The van der Waals surface area contributed by atoms with Crippen LogP contribution in [0.15, 0.2) is 18.2 Å². The van der Waals surface area contributed by atoms with Crippen LogP contribution in [0.3, 0.4) is 0 Å². The Labute approximate surface area is 132 Å². The maximum atomic E-state index is 12.5. The Morgan fingerprint density at radius 2 is 2.33 bits per heavy atom. The van der Waals surface area contributed by atoms with Crippen LogP contribution in [0.2, 0.25) is 5.02 Å². The van der Waals surface area contributed by atoms with Crippen LogP contribution in [0.25, 0.3) is 10.1 Å². The van der Waals surface area contributed by atoms with E-state index in [1.54, 1.807) is 0 Å². The lowest BCUT2D eigenvalue weighted by atomic mass is 10.1. The number of hydrogen-bond acceptors (Lipinski definition) is 4. The highest BCUT2D eigenvalue weighted by Gasteiger charge is 2.22. The number of thiophene rings is 1. The number of benzene rings is 1. The van der Waals surface area contributed by atoms with E-state index in [9.17, 15) is 4.79 Å². The molecule has 1 atom stereocenters. The summed E-state index contributed by atoms with van der Waals surface area (Å²) in [5.74, 6) is -0.0786. The van der Waals surface area contributed by atoms with Crippen LogP contribution >= 0.6 is 22.9 Å². The first-order chi connectivity index (χ1) is 10.0. The van der Waals surface area contributed by atoms with Crippen LogP contribution in [0.4, 0.5) is 5.69 Å². The average molecular weight is 324 g/mol. The van der Waals surface area contributed by atoms with Gasteiger partial charge in [0.15, 0.2) is 0 Å². The molecule has 21 heavy (non-hydrogen) atoms. The number of likely N-dealkylation sites (tertiary alicyclic amines) is 1. The highest BCUT2D eigenvalue weighted by molar-refractivity contribution is 7.21. The van der Waals surface area contributed by atoms with Crippen LogP contribution < -0.4 is 11.1 Å². The summed E-state index contributed by atoms with van der Waals surface area (Å²) in [6.45, 7) is 1.98. The Balaban J connectivity index is 1.82. The van der Waals surface area contributed by atoms with Crippen molar-refractivity contribution in [2.75, 3.05) is 25.9 Å². The third-order valence-electron chi connectivity index (χ3n) is 3.85. The molecule has 1 saturated heterocycles. The van der Waals surface area contributed by atoms with E-state index in [1.807, 2.05) is 18.2 Å². The Kier molecular flexibility index (Phi) is 4.06.